The van der Waals surface area contributed by atoms with Gasteiger partial charge in [-0.2, -0.15) is 0 Å². The van der Waals surface area contributed by atoms with E-state index in [1.165, 1.54) is 0 Å². The molecule has 96 valence electrons. The molecule has 0 aliphatic rings. The number of nitrogens with one attached hydrogen (secondary N) is 1. The molecule has 0 bridgehead atoms. The molecule has 5 heteroatoms. The predicted molar refractivity (Wildman–Crippen MR) is 76.1 cm³/mol. The van der Waals surface area contributed by atoms with Crippen molar-refractivity contribution in [2.24, 2.45) is 0 Å². The van der Waals surface area contributed by atoms with E-state index in [1.54, 1.807) is 0 Å². The average molecular weight is 319 g/mol. The molecule has 0 amide bonds. The second-order valence-electron chi connectivity index (χ2n) is 5.06. The summed E-state index contributed by atoms with van der Waals surface area (Å²) < 4.78 is 15.8. The van der Waals surface area contributed by atoms with Crippen molar-refractivity contribution < 1.29 is 4.55 Å². The number of pyridine rings is 1. The van der Waals surface area contributed by atoms with Crippen LogP contribution in [0.4, 0.5) is 0 Å². The molecule has 1 unspecified atom stereocenters. The van der Waals surface area contributed by atoms with Crippen LogP contribution in [0.15, 0.2) is 16.7 Å². The third-order valence-corrected chi connectivity index (χ3v) is 4.87. The van der Waals surface area contributed by atoms with E-state index < -0.39 is 11.4 Å². The Morgan fingerprint density at radius 1 is 1.47 bits per heavy atom. The van der Waals surface area contributed by atoms with E-state index >= 15 is 0 Å². The SMILES string of the molecule is Cc1ncc([C@@H](C)N[S+]([O-])C(C)(C)C)cc1Br. The summed E-state index contributed by atoms with van der Waals surface area (Å²) in [6.07, 6.45) is 1.82. The van der Waals surface area contributed by atoms with E-state index in [1.807, 2.05) is 46.9 Å². The first-order chi connectivity index (χ1) is 7.71. The Morgan fingerprint density at radius 2 is 2.06 bits per heavy atom. The summed E-state index contributed by atoms with van der Waals surface area (Å²) >= 11 is 2.38. The molecule has 1 aromatic rings. The van der Waals surface area contributed by atoms with Gasteiger partial charge in [0.05, 0.1) is 11.7 Å². The zero-order valence-corrected chi connectivity index (χ0v) is 13.3. The molecule has 0 saturated carbocycles. The molecule has 0 aromatic carbocycles. The van der Waals surface area contributed by atoms with E-state index in [9.17, 15) is 4.55 Å². The molecule has 0 saturated heterocycles. The second-order valence-corrected chi connectivity index (χ2v) is 7.91. The molecule has 0 aliphatic carbocycles. The zero-order chi connectivity index (χ0) is 13.2. The van der Waals surface area contributed by atoms with Gasteiger partial charge < -0.3 is 4.55 Å². The second kappa shape index (κ2) is 5.69. The van der Waals surface area contributed by atoms with Gasteiger partial charge in [0.15, 0.2) is 0 Å². The molecule has 0 fully saturated rings. The lowest BCUT2D eigenvalue weighted by molar-refractivity contribution is 0.531. The molecule has 1 heterocycles. The lowest BCUT2D eigenvalue weighted by atomic mass is 10.1. The smallest absolute Gasteiger partial charge is 0.136 e. The van der Waals surface area contributed by atoms with E-state index in [2.05, 4.69) is 25.6 Å². The summed E-state index contributed by atoms with van der Waals surface area (Å²) in [6.45, 7) is 9.78. The van der Waals surface area contributed by atoms with Gasteiger partial charge >= 0.3 is 0 Å². The summed E-state index contributed by atoms with van der Waals surface area (Å²) in [6, 6.07) is 2.03. The molecular weight excluding hydrogens is 300 g/mol. The maximum atomic E-state index is 12.0. The first kappa shape index (κ1) is 15.0. The van der Waals surface area contributed by atoms with Gasteiger partial charge in [-0.15, -0.1) is 4.72 Å². The van der Waals surface area contributed by atoms with Gasteiger partial charge in [-0.1, -0.05) is 0 Å². The van der Waals surface area contributed by atoms with Crippen LogP contribution in [-0.4, -0.2) is 14.3 Å². The Morgan fingerprint density at radius 3 is 2.53 bits per heavy atom. The molecule has 0 radical (unpaired) electrons. The minimum atomic E-state index is -1.07. The predicted octanol–water partition coefficient (Wildman–Crippen LogP) is 3.27. The van der Waals surface area contributed by atoms with Crippen LogP contribution in [0, 0.1) is 6.92 Å². The Balaban J connectivity index is 2.76. The standard InChI is InChI=1S/C12H19BrN2OS/c1-8(15-17(16)12(3,4)5)10-6-11(13)9(2)14-7-10/h6-8,15H,1-5H3/t8-,17?/m1/s1. The normalized spacial score (nSPS) is 15.7. The number of hydrogen-bond donors (Lipinski definition) is 1. The Kier molecular flexibility index (Phi) is 5.01. The summed E-state index contributed by atoms with van der Waals surface area (Å²) in [5.41, 5.74) is 1.98. The fraction of sp³-hybridized carbons (Fsp3) is 0.583. The van der Waals surface area contributed by atoms with Crippen molar-refractivity contribution in [1.29, 1.82) is 0 Å². The van der Waals surface area contributed by atoms with Gasteiger partial charge in [0.1, 0.15) is 4.75 Å². The first-order valence-electron chi connectivity index (χ1n) is 5.52. The molecule has 0 aliphatic heterocycles. The van der Waals surface area contributed by atoms with Crippen LogP contribution >= 0.6 is 15.9 Å². The van der Waals surface area contributed by atoms with Crippen LogP contribution in [0.2, 0.25) is 0 Å². The van der Waals surface area contributed by atoms with Crippen molar-refractivity contribution in [3.8, 4) is 0 Å². The largest absolute Gasteiger partial charge is 0.598 e. The molecule has 17 heavy (non-hydrogen) atoms. The number of rotatable bonds is 3. The van der Waals surface area contributed by atoms with Gasteiger partial charge in [0.25, 0.3) is 0 Å². The van der Waals surface area contributed by atoms with Gasteiger partial charge in [-0.3, -0.25) is 4.98 Å². The highest BCUT2D eigenvalue weighted by molar-refractivity contribution is 9.10. The monoisotopic (exact) mass is 318 g/mol. The Hall–Kier alpha value is -0.100. The quantitative estimate of drug-likeness (QED) is 0.870. The molecular formula is C12H19BrN2OS. The molecule has 1 rings (SSSR count). The van der Waals surface area contributed by atoms with Crippen LogP contribution in [0.1, 0.15) is 45.0 Å². The lowest BCUT2D eigenvalue weighted by Crippen LogP contribution is -2.40. The molecule has 1 aromatic heterocycles. The maximum absolute atomic E-state index is 12.0. The fourth-order valence-corrected chi connectivity index (χ4v) is 2.34. The van der Waals surface area contributed by atoms with Crippen molar-refractivity contribution in [2.45, 2.75) is 45.4 Å². The summed E-state index contributed by atoms with van der Waals surface area (Å²) in [7, 11) is 0. The van der Waals surface area contributed by atoms with Gasteiger partial charge in [0, 0.05) is 22.0 Å². The van der Waals surface area contributed by atoms with Crippen molar-refractivity contribution in [3.05, 3.63) is 28.0 Å². The number of halogens is 1. The van der Waals surface area contributed by atoms with Crippen LogP contribution in [-0.2, 0) is 11.4 Å². The Bertz CT molecular complexity index is 393. The molecule has 1 N–H and O–H groups in total. The first-order valence-corrected chi connectivity index (χ1v) is 7.46. The van der Waals surface area contributed by atoms with Crippen LogP contribution < -0.4 is 4.72 Å². The number of aryl methyl sites for hydroxylation is 1. The minimum absolute atomic E-state index is 0.0134. The Labute approximate surface area is 115 Å². The molecule has 2 atom stereocenters. The van der Waals surface area contributed by atoms with E-state index in [-0.39, 0.29) is 10.8 Å². The summed E-state index contributed by atoms with van der Waals surface area (Å²) in [5.74, 6) is 0. The van der Waals surface area contributed by atoms with Crippen molar-refractivity contribution >= 4 is 27.3 Å². The number of aromatic nitrogens is 1. The van der Waals surface area contributed by atoms with Gasteiger partial charge in [0.2, 0.25) is 0 Å². The van der Waals surface area contributed by atoms with Gasteiger partial charge in [-0.25, -0.2) is 0 Å². The average Bonchev–Trinajstić information content (AvgIpc) is 2.20. The van der Waals surface area contributed by atoms with Crippen LogP contribution in [0.5, 0.6) is 0 Å². The van der Waals surface area contributed by atoms with E-state index in [0.717, 1.165) is 15.7 Å². The van der Waals surface area contributed by atoms with E-state index in [0.29, 0.717) is 0 Å². The van der Waals surface area contributed by atoms with E-state index in [4.69, 9.17) is 0 Å². The molecule has 3 nitrogen and oxygen atoms in total. The summed E-state index contributed by atoms with van der Waals surface area (Å²) in [5, 5.41) is 0. The highest BCUT2D eigenvalue weighted by Crippen LogP contribution is 2.22. The third kappa shape index (κ3) is 4.25. The lowest BCUT2D eigenvalue weighted by Gasteiger charge is -2.26. The van der Waals surface area contributed by atoms with Crippen LogP contribution in [0.25, 0.3) is 0 Å². The van der Waals surface area contributed by atoms with Gasteiger partial charge in [-0.05, 0) is 62.2 Å². The van der Waals surface area contributed by atoms with Crippen molar-refractivity contribution in [1.82, 2.24) is 9.71 Å². The number of nitrogens with zero attached hydrogens (tertiary/aromatic N) is 1. The number of hydrogen-bond acceptors (Lipinski definition) is 3. The van der Waals surface area contributed by atoms with Crippen LogP contribution in [0.3, 0.4) is 0 Å². The maximum Gasteiger partial charge on any atom is 0.136 e. The minimum Gasteiger partial charge on any atom is -0.598 e. The van der Waals surface area contributed by atoms with Crippen molar-refractivity contribution in [2.75, 3.05) is 0 Å². The summed E-state index contributed by atoms with van der Waals surface area (Å²) in [4.78, 5) is 4.28. The fourth-order valence-electron chi connectivity index (χ4n) is 1.16. The molecule has 0 spiro atoms. The zero-order valence-electron chi connectivity index (χ0n) is 10.9. The highest BCUT2D eigenvalue weighted by Gasteiger charge is 2.28. The highest BCUT2D eigenvalue weighted by atomic mass is 79.9. The topological polar surface area (TPSA) is 48.0 Å². The van der Waals surface area contributed by atoms with Crippen molar-refractivity contribution in [3.63, 3.8) is 0 Å². The third-order valence-electron chi connectivity index (χ3n) is 2.39.